The summed E-state index contributed by atoms with van der Waals surface area (Å²) in [6.45, 7) is 0.407. The molecule has 5 heteroatoms. The van der Waals surface area contributed by atoms with Crippen LogP contribution in [0.1, 0.15) is 6.42 Å². The SMILES string of the molecule is NCCCS(=O)(=O)C/C=C/Cl. The zero-order valence-corrected chi connectivity index (χ0v) is 7.74. The molecule has 0 atom stereocenters. The van der Waals surface area contributed by atoms with Gasteiger partial charge in [-0.25, -0.2) is 8.42 Å². The molecular weight excluding hydrogens is 186 g/mol. The van der Waals surface area contributed by atoms with Gasteiger partial charge < -0.3 is 5.73 Å². The minimum atomic E-state index is -2.96. The van der Waals surface area contributed by atoms with Gasteiger partial charge in [-0.3, -0.25) is 0 Å². The van der Waals surface area contributed by atoms with Gasteiger partial charge in [-0.2, -0.15) is 0 Å². The molecule has 66 valence electrons. The molecule has 0 aromatic rings. The van der Waals surface area contributed by atoms with E-state index >= 15 is 0 Å². The number of nitrogens with two attached hydrogens (primary N) is 1. The van der Waals surface area contributed by atoms with Crippen molar-refractivity contribution < 1.29 is 8.42 Å². The van der Waals surface area contributed by atoms with Crippen molar-refractivity contribution in [1.82, 2.24) is 0 Å². The van der Waals surface area contributed by atoms with E-state index in [0.29, 0.717) is 13.0 Å². The van der Waals surface area contributed by atoms with E-state index in [1.807, 2.05) is 0 Å². The lowest BCUT2D eigenvalue weighted by atomic mass is 10.5. The molecule has 2 N–H and O–H groups in total. The summed E-state index contributed by atoms with van der Waals surface area (Å²) in [5, 5.41) is 0. The first-order chi connectivity index (χ1) is 5.12. The highest BCUT2D eigenvalue weighted by molar-refractivity contribution is 7.91. The summed E-state index contributed by atoms with van der Waals surface area (Å²) in [7, 11) is -2.96. The van der Waals surface area contributed by atoms with Crippen molar-refractivity contribution >= 4 is 21.4 Å². The molecule has 0 amide bonds. The van der Waals surface area contributed by atoms with Gasteiger partial charge in [0.05, 0.1) is 11.5 Å². The van der Waals surface area contributed by atoms with Crippen LogP contribution in [0, 0.1) is 0 Å². The van der Waals surface area contributed by atoms with Crippen LogP contribution in [0.15, 0.2) is 11.6 Å². The Morgan fingerprint density at radius 2 is 2.09 bits per heavy atom. The second-order valence-electron chi connectivity index (χ2n) is 2.12. The molecule has 0 heterocycles. The maximum atomic E-state index is 11.0. The number of sulfone groups is 1. The van der Waals surface area contributed by atoms with Crippen molar-refractivity contribution in [3.63, 3.8) is 0 Å². The second-order valence-corrected chi connectivity index (χ2v) is 4.60. The van der Waals surface area contributed by atoms with Gasteiger partial charge in [0.25, 0.3) is 0 Å². The molecule has 0 aromatic heterocycles. The van der Waals surface area contributed by atoms with Gasteiger partial charge in [-0.1, -0.05) is 17.7 Å². The molecule has 0 aliphatic rings. The van der Waals surface area contributed by atoms with Gasteiger partial charge in [-0.15, -0.1) is 0 Å². The maximum Gasteiger partial charge on any atom is 0.153 e. The molecule has 0 rings (SSSR count). The average molecular weight is 198 g/mol. The molecule has 0 aromatic carbocycles. The third kappa shape index (κ3) is 6.34. The largest absolute Gasteiger partial charge is 0.330 e. The Labute approximate surface area is 72.1 Å². The fourth-order valence-corrected chi connectivity index (χ4v) is 1.93. The van der Waals surface area contributed by atoms with Gasteiger partial charge in [0.15, 0.2) is 9.84 Å². The highest BCUT2D eigenvalue weighted by Crippen LogP contribution is 1.94. The average Bonchev–Trinajstić information content (AvgIpc) is 1.97. The van der Waals surface area contributed by atoms with Crippen LogP contribution in [0.5, 0.6) is 0 Å². The Morgan fingerprint density at radius 3 is 2.55 bits per heavy atom. The molecule has 0 aliphatic heterocycles. The van der Waals surface area contributed by atoms with E-state index in [1.54, 1.807) is 0 Å². The van der Waals surface area contributed by atoms with Crippen LogP contribution in [-0.4, -0.2) is 26.5 Å². The van der Waals surface area contributed by atoms with E-state index in [0.717, 1.165) is 0 Å². The quantitative estimate of drug-likeness (QED) is 0.699. The van der Waals surface area contributed by atoms with E-state index < -0.39 is 9.84 Å². The van der Waals surface area contributed by atoms with Crippen molar-refractivity contribution in [2.45, 2.75) is 6.42 Å². The van der Waals surface area contributed by atoms with Crippen molar-refractivity contribution in [3.8, 4) is 0 Å². The standard InChI is InChI=1S/C6H12ClNO2S/c7-3-1-5-11(9,10)6-2-4-8/h1,3H,2,4-6,8H2/b3-1+. The molecule has 3 nitrogen and oxygen atoms in total. The van der Waals surface area contributed by atoms with Gasteiger partial charge >= 0.3 is 0 Å². The van der Waals surface area contributed by atoms with Crippen molar-refractivity contribution in [2.75, 3.05) is 18.1 Å². The minimum absolute atomic E-state index is 0.0104. The highest BCUT2D eigenvalue weighted by atomic mass is 35.5. The predicted molar refractivity (Wildman–Crippen MR) is 47.3 cm³/mol. The zero-order chi connectivity index (χ0) is 8.74. The van der Waals surface area contributed by atoms with Crippen LogP contribution in [0.25, 0.3) is 0 Å². The number of hydrogen-bond acceptors (Lipinski definition) is 3. The topological polar surface area (TPSA) is 60.2 Å². The second kappa shape index (κ2) is 5.57. The van der Waals surface area contributed by atoms with Crippen molar-refractivity contribution in [2.24, 2.45) is 5.73 Å². The Morgan fingerprint density at radius 1 is 1.45 bits per heavy atom. The molecule has 0 aliphatic carbocycles. The molecule has 11 heavy (non-hydrogen) atoms. The molecule has 0 fully saturated rings. The van der Waals surface area contributed by atoms with Crippen molar-refractivity contribution in [3.05, 3.63) is 11.6 Å². The number of halogens is 1. The lowest BCUT2D eigenvalue weighted by Gasteiger charge is -1.97. The highest BCUT2D eigenvalue weighted by Gasteiger charge is 2.06. The van der Waals surface area contributed by atoms with Crippen LogP contribution in [0.2, 0.25) is 0 Å². The fourth-order valence-electron chi connectivity index (χ4n) is 0.570. The third-order valence-corrected chi connectivity index (χ3v) is 2.89. The van der Waals surface area contributed by atoms with Crippen molar-refractivity contribution in [1.29, 1.82) is 0 Å². The maximum absolute atomic E-state index is 11.0. The van der Waals surface area contributed by atoms with E-state index in [9.17, 15) is 8.42 Å². The van der Waals surface area contributed by atoms with Crippen LogP contribution >= 0.6 is 11.6 Å². The third-order valence-electron chi connectivity index (χ3n) is 1.10. The minimum Gasteiger partial charge on any atom is -0.330 e. The number of rotatable bonds is 5. The number of hydrogen-bond donors (Lipinski definition) is 1. The van der Waals surface area contributed by atoms with Crippen LogP contribution in [0.4, 0.5) is 0 Å². The Kier molecular flexibility index (Phi) is 5.54. The molecular formula is C6H12ClNO2S. The molecule has 0 saturated carbocycles. The Bertz CT molecular complexity index is 211. The molecule has 0 saturated heterocycles. The predicted octanol–water partition coefficient (Wildman–Crippen LogP) is 0.503. The first-order valence-electron chi connectivity index (χ1n) is 3.28. The molecule has 0 spiro atoms. The Balaban J connectivity index is 3.82. The summed E-state index contributed by atoms with van der Waals surface area (Å²) in [5.41, 5.74) is 6.36. The fraction of sp³-hybridized carbons (Fsp3) is 0.667. The van der Waals surface area contributed by atoms with Crippen LogP contribution < -0.4 is 5.73 Å². The summed E-state index contributed by atoms with van der Waals surface area (Å²) < 4.78 is 22.0. The molecule has 0 bridgehead atoms. The Hall–Kier alpha value is -0.0600. The monoisotopic (exact) mass is 197 g/mol. The molecule has 0 radical (unpaired) electrons. The summed E-state index contributed by atoms with van der Waals surface area (Å²) in [6, 6.07) is 0. The van der Waals surface area contributed by atoms with Gasteiger partial charge in [-0.05, 0) is 13.0 Å². The molecule has 0 unspecified atom stereocenters. The van der Waals surface area contributed by atoms with Gasteiger partial charge in [0, 0.05) is 5.54 Å². The van der Waals surface area contributed by atoms with Crippen LogP contribution in [0.3, 0.4) is 0 Å². The van der Waals surface area contributed by atoms with Gasteiger partial charge in [0.2, 0.25) is 0 Å². The zero-order valence-electron chi connectivity index (χ0n) is 6.16. The van der Waals surface area contributed by atoms with E-state index in [1.165, 1.54) is 11.6 Å². The normalized spacial score (nSPS) is 12.5. The summed E-state index contributed by atoms with van der Waals surface area (Å²) in [5.74, 6) is 0.154. The smallest absolute Gasteiger partial charge is 0.153 e. The lowest BCUT2D eigenvalue weighted by Crippen LogP contribution is -2.13. The summed E-state index contributed by atoms with van der Waals surface area (Å²) in [4.78, 5) is 0. The van der Waals surface area contributed by atoms with Gasteiger partial charge in [0.1, 0.15) is 0 Å². The van der Waals surface area contributed by atoms with E-state index in [4.69, 9.17) is 17.3 Å². The van der Waals surface area contributed by atoms with E-state index in [2.05, 4.69) is 0 Å². The summed E-state index contributed by atoms with van der Waals surface area (Å²) in [6.07, 6.45) is 1.92. The first-order valence-corrected chi connectivity index (χ1v) is 5.54. The van der Waals surface area contributed by atoms with Crippen LogP contribution in [-0.2, 0) is 9.84 Å². The van der Waals surface area contributed by atoms with E-state index in [-0.39, 0.29) is 11.5 Å². The summed E-state index contributed by atoms with van der Waals surface area (Å²) >= 11 is 5.17. The first kappa shape index (κ1) is 10.9. The lowest BCUT2D eigenvalue weighted by molar-refractivity contribution is 0.596.